The van der Waals surface area contributed by atoms with Crippen LogP contribution in [0.4, 0.5) is 0 Å². The van der Waals surface area contributed by atoms with Crippen LogP contribution in [-0.4, -0.2) is 18.3 Å². The summed E-state index contributed by atoms with van der Waals surface area (Å²) in [5.74, 6) is 0.801. The molecule has 0 atom stereocenters. The monoisotopic (exact) mass is 265 g/mol. The Morgan fingerprint density at radius 3 is 2.83 bits per heavy atom. The molecule has 0 aromatic heterocycles. The number of amides is 1. The normalized spacial score (nSPS) is 16.3. The van der Waals surface area contributed by atoms with Crippen LogP contribution >= 0.6 is 11.6 Å². The van der Waals surface area contributed by atoms with Gasteiger partial charge in [0.2, 0.25) is 5.91 Å². The summed E-state index contributed by atoms with van der Waals surface area (Å²) in [6.45, 7) is 2.82. The van der Waals surface area contributed by atoms with Crippen LogP contribution in [0, 0.1) is 12.3 Å². The molecule has 0 bridgehead atoms. The molecule has 0 saturated heterocycles. The lowest BCUT2D eigenvalue weighted by atomic mass is 10.0. The number of carbonyl (C=O) groups is 1. The average molecular weight is 266 g/mol. The first-order chi connectivity index (χ1) is 8.63. The van der Waals surface area contributed by atoms with Crippen LogP contribution in [0.15, 0.2) is 24.3 Å². The van der Waals surface area contributed by atoms with Gasteiger partial charge in [-0.05, 0) is 37.2 Å². The summed E-state index contributed by atoms with van der Waals surface area (Å²) >= 11 is 5.78. The van der Waals surface area contributed by atoms with Gasteiger partial charge in [-0.1, -0.05) is 29.8 Å². The molecule has 0 spiro atoms. The van der Waals surface area contributed by atoms with Crippen molar-refractivity contribution in [1.82, 2.24) is 5.32 Å². The Morgan fingerprint density at radius 1 is 1.44 bits per heavy atom. The molecule has 1 aromatic carbocycles. The van der Waals surface area contributed by atoms with Gasteiger partial charge in [0.05, 0.1) is 6.42 Å². The van der Waals surface area contributed by atoms with Gasteiger partial charge in [0.25, 0.3) is 0 Å². The summed E-state index contributed by atoms with van der Waals surface area (Å²) in [5.41, 5.74) is 2.58. The molecule has 0 aliphatic heterocycles. The van der Waals surface area contributed by atoms with E-state index in [1.807, 2.05) is 25.1 Å². The zero-order valence-electron chi connectivity index (χ0n) is 10.8. The minimum Gasteiger partial charge on any atom is -0.355 e. The number of hydrogen-bond acceptors (Lipinski definition) is 1. The summed E-state index contributed by atoms with van der Waals surface area (Å²) < 4.78 is 0. The Kier molecular flexibility index (Phi) is 4.28. The van der Waals surface area contributed by atoms with Gasteiger partial charge < -0.3 is 5.32 Å². The number of hydrogen-bond donors (Lipinski definition) is 1. The van der Waals surface area contributed by atoms with E-state index >= 15 is 0 Å². The van der Waals surface area contributed by atoms with E-state index in [1.54, 1.807) is 0 Å². The second-order valence-corrected chi connectivity index (χ2v) is 5.76. The second-order valence-electron chi connectivity index (χ2n) is 5.38. The van der Waals surface area contributed by atoms with E-state index in [4.69, 9.17) is 11.6 Å². The second kappa shape index (κ2) is 5.75. The van der Waals surface area contributed by atoms with Crippen LogP contribution in [0.5, 0.6) is 0 Å². The van der Waals surface area contributed by atoms with Gasteiger partial charge in [-0.15, -0.1) is 11.6 Å². The van der Waals surface area contributed by atoms with E-state index in [0.717, 1.165) is 18.5 Å². The number of rotatable bonds is 6. The number of alkyl halides is 1. The summed E-state index contributed by atoms with van der Waals surface area (Å²) in [6.07, 6.45) is 3.88. The molecular weight excluding hydrogens is 246 g/mol. The third-order valence-electron chi connectivity index (χ3n) is 3.69. The lowest BCUT2D eigenvalue weighted by molar-refractivity contribution is -0.120. The first kappa shape index (κ1) is 13.4. The van der Waals surface area contributed by atoms with Crippen molar-refractivity contribution in [2.45, 2.75) is 32.6 Å². The van der Waals surface area contributed by atoms with Crippen molar-refractivity contribution in [3.05, 3.63) is 35.4 Å². The Balaban J connectivity index is 1.79. The summed E-state index contributed by atoms with van der Waals surface area (Å²) in [4.78, 5) is 11.9. The zero-order chi connectivity index (χ0) is 13.0. The van der Waals surface area contributed by atoms with Crippen molar-refractivity contribution >= 4 is 17.5 Å². The fraction of sp³-hybridized carbons (Fsp3) is 0.533. The van der Waals surface area contributed by atoms with Gasteiger partial charge in [0.15, 0.2) is 0 Å². The first-order valence-electron chi connectivity index (χ1n) is 6.52. The fourth-order valence-corrected chi connectivity index (χ4v) is 2.65. The summed E-state index contributed by atoms with van der Waals surface area (Å²) in [5, 5.41) is 3.04. The van der Waals surface area contributed by atoms with Crippen molar-refractivity contribution in [2.24, 2.45) is 5.41 Å². The molecule has 0 heterocycles. The van der Waals surface area contributed by atoms with Crippen LogP contribution in [0.2, 0.25) is 0 Å². The maximum absolute atomic E-state index is 11.9. The lowest BCUT2D eigenvalue weighted by Gasteiger charge is -2.14. The topological polar surface area (TPSA) is 29.1 Å². The molecule has 0 radical (unpaired) electrons. The predicted molar refractivity (Wildman–Crippen MR) is 74.9 cm³/mol. The van der Waals surface area contributed by atoms with Gasteiger partial charge in [0, 0.05) is 12.4 Å². The minimum atomic E-state index is 0.112. The Bertz CT molecular complexity index is 426. The maximum Gasteiger partial charge on any atom is 0.224 e. The molecule has 18 heavy (non-hydrogen) atoms. The Hall–Kier alpha value is -1.02. The number of nitrogens with one attached hydrogen (secondary N) is 1. The third kappa shape index (κ3) is 3.74. The van der Waals surface area contributed by atoms with E-state index in [0.29, 0.717) is 17.7 Å². The van der Waals surface area contributed by atoms with Crippen LogP contribution in [0.25, 0.3) is 0 Å². The van der Waals surface area contributed by atoms with Crippen molar-refractivity contribution in [3.63, 3.8) is 0 Å². The summed E-state index contributed by atoms with van der Waals surface area (Å²) in [6, 6.07) is 8.10. The molecule has 1 aromatic rings. The molecule has 1 amide bonds. The molecule has 1 aliphatic carbocycles. The zero-order valence-corrected chi connectivity index (χ0v) is 11.6. The van der Waals surface area contributed by atoms with Crippen LogP contribution in [0.3, 0.4) is 0 Å². The highest BCUT2D eigenvalue weighted by Crippen LogP contribution is 2.48. The van der Waals surface area contributed by atoms with Gasteiger partial charge in [0.1, 0.15) is 0 Å². The van der Waals surface area contributed by atoms with E-state index in [9.17, 15) is 4.79 Å². The molecule has 1 saturated carbocycles. The van der Waals surface area contributed by atoms with E-state index in [1.165, 1.54) is 18.4 Å². The SMILES string of the molecule is Cc1cccc(CC(=O)NCC2(CCCl)CC2)c1. The highest BCUT2D eigenvalue weighted by molar-refractivity contribution is 6.17. The van der Waals surface area contributed by atoms with E-state index in [-0.39, 0.29) is 5.91 Å². The van der Waals surface area contributed by atoms with Crippen molar-refractivity contribution < 1.29 is 4.79 Å². The highest BCUT2D eigenvalue weighted by atomic mass is 35.5. The van der Waals surface area contributed by atoms with Crippen molar-refractivity contribution in [3.8, 4) is 0 Å². The third-order valence-corrected chi connectivity index (χ3v) is 3.88. The smallest absolute Gasteiger partial charge is 0.224 e. The highest BCUT2D eigenvalue weighted by Gasteiger charge is 2.41. The molecule has 0 unspecified atom stereocenters. The van der Waals surface area contributed by atoms with Gasteiger partial charge >= 0.3 is 0 Å². The van der Waals surface area contributed by atoms with E-state index < -0.39 is 0 Å². The number of aryl methyl sites for hydroxylation is 1. The standard InChI is InChI=1S/C15H20ClNO/c1-12-3-2-4-13(9-12)10-14(18)17-11-15(5-6-15)7-8-16/h2-4,9H,5-8,10-11H2,1H3,(H,17,18). The predicted octanol–water partition coefficient (Wildman–Crippen LogP) is 3.06. The molecular formula is C15H20ClNO. The van der Waals surface area contributed by atoms with Crippen molar-refractivity contribution in [1.29, 1.82) is 0 Å². The minimum absolute atomic E-state index is 0.112. The first-order valence-corrected chi connectivity index (χ1v) is 7.05. The summed E-state index contributed by atoms with van der Waals surface area (Å²) in [7, 11) is 0. The quantitative estimate of drug-likeness (QED) is 0.787. The molecule has 2 nitrogen and oxygen atoms in total. The number of benzene rings is 1. The maximum atomic E-state index is 11.9. The molecule has 1 aliphatic rings. The number of carbonyl (C=O) groups excluding carboxylic acids is 1. The van der Waals surface area contributed by atoms with Crippen LogP contribution < -0.4 is 5.32 Å². The molecule has 2 rings (SSSR count). The van der Waals surface area contributed by atoms with Gasteiger partial charge in [-0.25, -0.2) is 0 Å². The van der Waals surface area contributed by atoms with Crippen LogP contribution in [-0.2, 0) is 11.2 Å². The largest absolute Gasteiger partial charge is 0.355 e. The van der Waals surface area contributed by atoms with Crippen LogP contribution in [0.1, 0.15) is 30.4 Å². The molecule has 1 N–H and O–H groups in total. The Labute approximate surface area is 114 Å². The van der Waals surface area contributed by atoms with Gasteiger partial charge in [-0.2, -0.15) is 0 Å². The molecule has 98 valence electrons. The molecule has 1 fully saturated rings. The Morgan fingerprint density at radius 2 is 2.22 bits per heavy atom. The number of halogens is 1. The molecule has 3 heteroatoms. The lowest BCUT2D eigenvalue weighted by Crippen LogP contribution is -2.31. The van der Waals surface area contributed by atoms with E-state index in [2.05, 4.69) is 11.4 Å². The van der Waals surface area contributed by atoms with Crippen molar-refractivity contribution in [2.75, 3.05) is 12.4 Å². The van der Waals surface area contributed by atoms with Gasteiger partial charge in [-0.3, -0.25) is 4.79 Å². The fourth-order valence-electron chi connectivity index (χ4n) is 2.25. The average Bonchev–Trinajstić information content (AvgIpc) is 3.08.